The molecule has 22 heavy (non-hydrogen) atoms. The van der Waals surface area contributed by atoms with Crippen molar-refractivity contribution >= 4 is 11.6 Å². The molecule has 122 valence electrons. The molecule has 0 radical (unpaired) electrons. The van der Waals surface area contributed by atoms with Crippen molar-refractivity contribution in [3.8, 4) is 0 Å². The first-order valence-corrected chi connectivity index (χ1v) is 8.22. The smallest absolute Gasteiger partial charge is 0.256 e. The molecule has 4 nitrogen and oxygen atoms in total. The third-order valence-electron chi connectivity index (χ3n) is 4.75. The van der Waals surface area contributed by atoms with Gasteiger partial charge in [0.05, 0.1) is 0 Å². The van der Waals surface area contributed by atoms with Crippen LogP contribution in [0.1, 0.15) is 64.0 Å². The van der Waals surface area contributed by atoms with E-state index in [1.165, 1.54) is 16.8 Å². The molecule has 2 atom stereocenters. The van der Waals surface area contributed by atoms with Crippen LogP contribution < -0.4 is 16.2 Å². The third kappa shape index (κ3) is 2.98. The van der Waals surface area contributed by atoms with Crippen molar-refractivity contribution in [2.45, 2.75) is 71.4 Å². The number of rotatable bonds is 4. The highest BCUT2D eigenvalue weighted by Crippen LogP contribution is 2.45. The van der Waals surface area contributed by atoms with E-state index in [0.29, 0.717) is 5.92 Å². The molecular weight excluding hydrogens is 274 g/mol. The Morgan fingerprint density at radius 1 is 1.50 bits per heavy atom. The van der Waals surface area contributed by atoms with Gasteiger partial charge in [-0.25, -0.2) is 5.84 Å². The molecule has 4 heteroatoms. The standard InChI is InChI=1S/C18H29N3O/c1-6-7-16(17(22)20-19)21-15-9-8-12(2)10-14(15)13(3)11-18(21,4)5/h8-10,13,16H,6-7,11,19H2,1-5H3,(H,20,22)/t13-,16-/m0/s1. The highest BCUT2D eigenvalue weighted by Gasteiger charge is 2.41. The first-order valence-electron chi connectivity index (χ1n) is 8.22. The molecule has 0 bridgehead atoms. The summed E-state index contributed by atoms with van der Waals surface area (Å²) in [6.45, 7) is 10.9. The molecule has 1 aliphatic heterocycles. The van der Waals surface area contributed by atoms with Crippen LogP contribution in [-0.4, -0.2) is 17.5 Å². The Kier molecular flexibility index (Phi) is 4.81. The zero-order chi connectivity index (χ0) is 16.5. The minimum Gasteiger partial charge on any atom is -0.354 e. The maximum Gasteiger partial charge on any atom is 0.256 e. The van der Waals surface area contributed by atoms with E-state index in [2.05, 4.69) is 63.1 Å². The first kappa shape index (κ1) is 16.8. The molecule has 1 amide bonds. The van der Waals surface area contributed by atoms with Crippen molar-refractivity contribution in [1.82, 2.24) is 5.43 Å². The quantitative estimate of drug-likeness (QED) is 0.510. The Bertz CT molecular complexity index is 553. The van der Waals surface area contributed by atoms with Crippen molar-refractivity contribution in [3.63, 3.8) is 0 Å². The number of hydrogen-bond acceptors (Lipinski definition) is 3. The lowest BCUT2D eigenvalue weighted by molar-refractivity contribution is -0.123. The fourth-order valence-electron chi connectivity index (χ4n) is 3.91. The van der Waals surface area contributed by atoms with E-state index in [9.17, 15) is 4.79 Å². The lowest BCUT2D eigenvalue weighted by atomic mass is 9.78. The predicted molar refractivity (Wildman–Crippen MR) is 91.8 cm³/mol. The Morgan fingerprint density at radius 2 is 2.18 bits per heavy atom. The summed E-state index contributed by atoms with van der Waals surface area (Å²) in [5.41, 5.74) is 6.06. The van der Waals surface area contributed by atoms with Crippen molar-refractivity contribution in [2.75, 3.05) is 4.90 Å². The SMILES string of the molecule is CCC[C@@H](C(=O)NN)N1c2ccc(C)cc2[C@@H](C)CC1(C)C. The van der Waals surface area contributed by atoms with Gasteiger partial charge < -0.3 is 4.90 Å². The molecule has 0 fully saturated rings. The van der Waals surface area contributed by atoms with Crippen molar-refractivity contribution in [1.29, 1.82) is 0 Å². The Balaban J connectivity index is 2.56. The van der Waals surface area contributed by atoms with Gasteiger partial charge in [0.15, 0.2) is 0 Å². The van der Waals surface area contributed by atoms with Gasteiger partial charge in [0, 0.05) is 11.2 Å². The van der Waals surface area contributed by atoms with Gasteiger partial charge in [0.2, 0.25) is 0 Å². The Hall–Kier alpha value is -1.55. The van der Waals surface area contributed by atoms with Crippen molar-refractivity contribution < 1.29 is 4.79 Å². The molecule has 1 aromatic rings. The Labute approximate surface area is 134 Å². The summed E-state index contributed by atoms with van der Waals surface area (Å²) in [5.74, 6) is 5.83. The normalized spacial score (nSPS) is 21.2. The topological polar surface area (TPSA) is 58.4 Å². The van der Waals surface area contributed by atoms with E-state index in [-0.39, 0.29) is 17.5 Å². The zero-order valence-electron chi connectivity index (χ0n) is 14.4. The number of nitrogens with two attached hydrogens (primary N) is 1. The highest BCUT2D eigenvalue weighted by molar-refractivity contribution is 5.86. The van der Waals surface area contributed by atoms with Crippen LogP contribution in [0.3, 0.4) is 0 Å². The number of hydrazine groups is 1. The van der Waals surface area contributed by atoms with Gasteiger partial charge in [-0.3, -0.25) is 10.2 Å². The molecular formula is C18H29N3O. The van der Waals surface area contributed by atoms with Crippen LogP contribution in [0.25, 0.3) is 0 Å². The van der Waals surface area contributed by atoms with E-state index in [1.807, 2.05) is 0 Å². The number of hydrogen-bond donors (Lipinski definition) is 2. The molecule has 1 aliphatic rings. The van der Waals surface area contributed by atoms with Crippen LogP contribution in [0.2, 0.25) is 0 Å². The average Bonchev–Trinajstić information content (AvgIpc) is 2.45. The van der Waals surface area contributed by atoms with Crippen LogP contribution in [-0.2, 0) is 4.79 Å². The summed E-state index contributed by atoms with van der Waals surface area (Å²) in [7, 11) is 0. The average molecular weight is 303 g/mol. The molecule has 0 spiro atoms. The number of fused-ring (bicyclic) bond motifs is 1. The lowest BCUT2D eigenvalue weighted by Crippen LogP contribution is -2.59. The van der Waals surface area contributed by atoms with Gasteiger partial charge in [-0.2, -0.15) is 0 Å². The lowest BCUT2D eigenvalue weighted by Gasteiger charge is -2.50. The summed E-state index contributed by atoms with van der Waals surface area (Å²) in [4.78, 5) is 14.7. The maximum absolute atomic E-state index is 12.4. The molecule has 1 aromatic carbocycles. The summed E-state index contributed by atoms with van der Waals surface area (Å²) >= 11 is 0. The number of nitrogens with one attached hydrogen (secondary N) is 1. The molecule has 0 saturated carbocycles. The van der Waals surface area contributed by atoms with E-state index in [4.69, 9.17) is 5.84 Å². The van der Waals surface area contributed by atoms with Gasteiger partial charge in [0.1, 0.15) is 6.04 Å². The number of nitrogens with zero attached hydrogens (tertiary/aromatic N) is 1. The third-order valence-corrected chi connectivity index (χ3v) is 4.75. The van der Waals surface area contributed by atoms with Gasteiger partial charge in [-0.05, 0) is 51.2 Å². The van der Waals surface area contributed by atoms with Crippen LogP contribution in [0, 0.1) is 6.92 Å². The van der Waals surface area contributed by atoms with Gasteiger partial charge in [0.25, 0.3) is 5.91 Å². The number of benzene rings is 1. The summed E-state index contributed by atoms with van der Waals surface area (Å²) in [6, 6.07) is 6.32. The highest BCUT2D eigenvalue weighted by atomic mass is 16.2. The fourth-order valence-corrected chi connectivity index (χ4v) is 3.91. The van der Waals surface area contributed by atoms with Crippen LogP contribution in [0.15, 0.2) is 18.2 Å². The molecule has 0 unspecified atom stereocenters. The van der Waals surface area contributed by atoms with E-state index < -0.39 is 0 Å². The van der Waals surface area contributed by atoms with Crippen LogP contribution in [0.5, 0.6) is 0 Å². The largest absolute Gasteiger partial charge is 0.354 e. The van der Waals surface area contributed by atoms with Crippen molar-refractivity contribution in [3.05, 3.63) is 29.3 Å². The minimum absolute atomic E-state index is 0.0754. The summed E-state index contributed by atoms with van der Waals surface area (Å²) in [6.07, 6.45) is 2.77. The minimum atomic E-state index is -0.223. The van der Waals surface area contributed by atoms with Gasteiger partial charge >= 0.3 is 0 Å². The predicted octanol–water partition coefficient (Wildman–Crippen LogP) is 3.25. The summed E-state index contributed by atoms with van der Waals surface area (Å²) < 4.78 is 0. The molecule has 1 heterocycles. The summed E-state index contributed by atoms with van der Waals surface area (Å²) in [5, 5.41) is 0. The van der Waals surface area contributed by atoms with Crippen LogP contribution >= 0.6 is 0 Å². The van der Waals surface area contributed by atoms with Gasteiger partial charge in [-0.1, -0.05) is 38.0 Å². The number of amides is 1. The number of carbonyl (C=O) groups is 1. The van der Waals surface area contributed by atoms with Crippen molar-refractivity contribution in [2.24, 2.45) is 5.84 Å². The second kappa shape index (κ2) is 6.29. The molecule has 0 aromatic heterocycles. The Morgan fingerprint density at radius 3 is 2.77 bits per heavy atom. The maximum atomic E-state index is 12.4. The fraction of sp³-hybridized carbons (Fsp3) is 0.611. The first-order chi connectivity index (χ1) is 10.3. The number of aryl methyl sites for hydroxylation is 1. The second-order valence-corrected chi connectivity index (χ2v) is 7.16. The van der Waals surface area contributed by atoms with E-state index in [1.54, 1.807) is 0 Å². The van der Waals surface area contributed by atoms with Crippen LogP contribution in [0.4, 0.5) is 5.69 Å². The monoisotopic (exact) mass is 303 g/mol. The van der Waals surface area contributed by atoms with Gasteiger partial charge in [-0.15, -0.1) is 0 Å². The molecule has 0 saturated heterocycles. The number of anilines is 1. The second-order valence-electron chi connectivity index (χ2n) is 7.16. The van der Waals surface area contributed by atoms with E-state index >= 15 is 0 Å². The molecule has 3 N–H and O–H groups in total. The molecule has 0 aliphatic carbocycles. The molecule has 2 rings (SSSR count). The number of carbonyl (C=O) groups excluding carboxylic acids is 1. The zero-order valence-corrected chi connectivity index (χ0v) is 14.4. The van der Waals surface area contributed by atoms with E-state index in [0.717, 1.165) is 19.3 Å².